The molecule has 0 heterocycles. The monoisotopic (exact) mass is 466 g/mol. The van der Waals surface area contributed by atoms with Crippen LogP contribution >= 0.6 is 15.9 Å². The van der Waals surface area contributed by atoms with Gasteiger partial charge in [0.1, 0.15) is 17.2 Å². The summed E-state index contributed by atoms with van der Waals surface area (Å²) >= 11 is 3.32. The molecule has 5 nitrogen and oxygen atoms in total. The van der Waals surface area contributed by atoms with Crippen molar-refractivity contribution in [3.8, 4) is 17.2 Å². The molecule has 3 rings (SSSR count). The lowest BCUT2D eigenvalue weighted by molar-refractivity contribution is 0.0734. The minimum atomic E-state index is -0.466. The van der Waals surface area contributed by atoms with Crippen LogP contribution in [0.3, 0.4) is 0 Å². The number of methoxy groups -OCH3 is 2. The first-order valence-corrected chi connectivity index (χ1v) is 9.81. The lowest BCUT2D eigenvalue weighted by atomic mass is 10.1. The number of ether oxygens (including phenoxy) is 3. The molecular weight excluding hydrogens is 448 g/mol. The first-order valence-electron chi connectivity index (χ1n) is 9.02. The zero-order chi connectivity index (χ0) is 21.5. The molecule has 6 heteroatoms. The number of halogens is 1. The zero-order valence-corrected chi connectivity index (χ0v) is 18.0. The highest BCUT2D eigenvalue weighted by molar-refractivity contribution is 9.10. The van der Waals surface area contributed by atoms with Crippen molar-refractivity contribution in [2.75, 3.05) is 14.2 Å². The molecule has 3 aromatic rings. The molecule has 0 aromatic heterocycles. The highest BCUT2D eigenvalue weighted by atomic mass is 79.9. The maximum atomic E-state index is 12.5. The summed E-state index contributed by atoms with van der Waals surface area (Å²) in [5, 5.41) is 0. The van der Waals surface area contributed by atoms with Gasteiger partial charge in [0.2, 0.25) is 0 Å². The lowest BCUT2D eigenvalue weighted by Crippen LogP contribution is -2.08. The number of hydrogen-bond acceptors (Lipinski definition) is 5. The molecule has 152 valence electrons. The molecule has 0 amide bonds. The first-order chi connectivity index (χ1) is 14.5. The molecule has 0 saturated carbocycles. The maximum absolute atomic E-state index is 12.5. The van der Waals surface area contributed by atoms with E-state index in [1.165, 1.54) is 6.08 Å². The van der Waals surface area contributed by atoms with Crippen molar-refractivity contribution in [1.82, 2.24) is 0 Å². The standard InChI is InChI=1S/C24H19BrO5/c1-28-21-12-14-23(29-2)18(15-21)7-13-22(26)16-5-10-20(11-6-16)30-24(27)17-3-8-19(25)9-4-17/h3-15H,1-2H3/b13-7+. The third kappa shape index (κ3) is 5.36. The second-order valence-corrected chi connectivity index (χ2v) is 7.14. The van der Waals surface area contributed by atoms with Gasteiger partial charge in [0.15, 0.2) is 5.78 Å². The van der Waals surface area contributed by atoms with Crippen LogP contribution in [0.1, 0.15) is 26.3 Å². The van der Waals surface area contributed by atoms with Crippen LogP contribution in [0.2, 0.25) is 0 Å². The van der Waals surface area contributed by atoms with Crippen LogP contribution in [0.4, 0.5) is 0 Å². The topological polar surface area (TPSA) is 61.8 Å². The van der Waals surface area contributed by atoms with E-state index in [4.69, 9.17) is 14.2 Å². The van der Waals surface area contributed by atoms with Gasteiger partial charge in [0.05, 0.1) is 19.8 Å². The Morgan fingerprint density at radius 1 is 0.800 bits per heavy atom. The lowest BCUT2D eigenvalue weighted by Gasteiger charge is -2.07. The molecule has 0 fully saturated rings. The summed E-state index contributed by atoms with van der Waals surface area (Å²) in [6, 6.07) is 18.6. The number of benzene rings is 3. The Kier molecular flexibility index (Phi) is 7.03. The van der Waals surface area contributed by atoms with Crippen molar-refractivity contribution >= 4 is 33.8 Å². The quantitative estimate of drug-likeness (QED) is 0.197. The van der Waals surface area contributed by atoms with Crippen LogP contribution in [0.5, 0.6) is 17.2 Å². The van der Waals surface area contributed by atoms with E-state index in [-0.39, 0.29) is 5.78 Å². The molecule has 0 aliphatic carbocycles. The number of hydrogen-bond donors (Lipinski definition) is 0. The Morgan fingerprint density at radius 2 is 1.43 bits per heavy atom. The van der Waals surface area contributed by atoms with Crippen molar-refractivity contribution in [2.45, 2.75) is 0 Å². The van der Waals surface area contributed by atoms with E-state index in [2.05, 4.69) is 15.9 Å². The second-order valence-electron chi connectivity index (χ2n) is 6.23. The van der Waals surface area contributed by atoms with Crippen LogP contribution in [-0.2, 0) is 0 Å². The van der Waals surface area contributed by atoms with E-state index in [0.717, 1.165) is 10.0 Å². The SMILES string of the molecule is COc1ccc(OC)c(/C=C/C(=O)c2ccc(OC(=O)c3ccc(Br)cc3)cc2)c1. The summed E-state index contributed by atoms with van der Waals surface area (Å²) in [7, 11) is 3.14. The van der Waals surface area contributed by atoms with Crippen molar-refractivity contribution in [1.29, 1.82) is 0 Å². The van der Waals surface area contributed by atoms with Gasteiger partial charge in [-0.1, -0.05) is 15.9 Å². The van der Waals surface area contributed by atoms with Crippen LogP contribution in [-0.4, -0.2) is 26.0 Å². The smallest absolute Gasteiger partial charge is 0.343 e. The molecule has 0 bridgehead atoms. The van der Waals surface area contributed by atoms with E-state index in [1.807, 2.05) is 0 Å². The van der Waals surface area contributed by atoms with Crippen LogP contribution < -0.4 is 14.2 Å². The van der Waals surface area contributed by atoms with E-state index in [9.17, 15) is 9.59 Å². The molecule has 3 aromatic carbocycles. The van der Waals surface area contributed by atoms with Gasteiger partial charge in [-0.2, -0.15) is 0 Å². The summed E-state index contributed by atoms with van der Waals surface area (Å²) in [4.78, 5) is 24.7. The largest absolute Gasteiger partial charge is 0.497 e. The van der Waals surface area contributed by atoms with E-state index in [1.54, 1.807) is 87.0 Å². The Labute approximate surface area is 183 Å². The summed E-state index contributed by atoms with van der Waals surface area (Å²) in [6.45, 7) is 0. The van der Waals surface area contributed by atoms with E-state index in [0.29, 0.717) is 28.4 Å². The fourth-order valence-electron chi connectivity index (χ4n) is 2.67. The van der Waals surface area contributed by atoms with E-state index < -0.39 is 5.97 Å². The third-order valence-corrected chi connectivity index (χ3v) is 4.81. The number of carbonyl (C=O) groups excluding carboxylic acids is 2. The fourth-order valence-corrected chi connectivity index (χ4v) is 2.93. The summed E-state index contributed by atoms with van der Waals surface area (Å²) in [5.74, 6) is 1.00. The average Bonchev–Trinajstić information content (AvgIpc) is 2.78. The zero-order valence-electron chi connectivity index (χ0n) is 16.4. The van der Waals surface area contributed by atoms with Crippen molar-refractivity contribution < 1.29 is 23.8 Å². The predicted octanol–water partition coefficient (Wildman–Crippen LogP) is 5.58. The number of rotatable bonds is 7. The van der Waals surface area contributed by atoms with Gasteiger partial charge >= 0.3 is 5.97 Å². The fraction of sp³-hybridized carbons (Fsp3) is 0.0833. The van der Waals surface area contributed by atoms with Gasteiger partial charge < -0.3 is 14.2 Å². The van der Waals surface area contributed by atoms with Crippen molar-refractivity contribution in [3.63, 3.8) is 0 Å². The minimum absolute atomic E-state index is 0.189. The Bertz CT molecular complexity index is 1070. The molecule has 30 heavy (non-hydrogen) atoms. The molecule has 0 atom stereocenters. The molecular formula is C24H19BrO5. The second kappa shape index (κ2) is 9.89. The van der Waals surface area contributed by atoms with Crippen LogP contribution in [0.25, 0.3) is 6.08 Å². The van der Waals surface area contributed by atoms with Gasteiger partial charge in [-0.25, -0.2) is 4.79 Å². The van der Waals surface area contributed by atoms with Gasteiger partial charge in [-0.05, 0) is 78.9 Å². The molecule has 0 aliphatic rings. The van der Waals surface area contributed by atoms with Gasteiger partial charge in [-0.15, -0.1) is 0 Å². The summed E-state index contributed by atoms with van der Waals surface area (Å²) in [5.41, 5.74) is 1.63. The van der Waals surface area contributed by atoms with Crippen LogP contribution in [0.15, 0.2) is 77.3 Å². The first kappa shape index (κ1) is 21.3. The predicted molar refractivity (Wildman–Crippen MR) is 118 cm³/mol. The highest BCUT2D eigenvalue weighted by Gasteiger charge is 2.10. The number of ketones is 1. The molecule has 0 unspecified atom stereocenters. The molecule has 0 N–H and O–H groups in total. The van der Waals surface area contributed by atoms with E-state index >= 15 is 0 Å². The normalized spacial score (nSPS) is 10.6. The maximum Gasteiger partial charge on any atom is 0.343 e. The molecule has 0 spiro atoms. The highest BCUT2D eigenvalue weighted by Crippen LogP contribution is 2.25. The summed E-state index contributed by atoms with van der Waals surface area (Å²) in [6.07, 6.45) is 3.13. The van der Waals surface area contributed by atoms with Crippen LogP contribution in [0, 0.1) is 0 Å². The molecule has 0 aliphatic heterocycles. The van der Waals surface area contributed by atoms with Gasteiger partial charge in [0, 0.05) is 15.6 Å². The Balaban J connectivity index is 1.68. The minimum Gasteiger partial charge on any atom is -0.497 e. The summed E-state index contributed by atoms with van der Waals surface area (Å²) < 4.78 is 16.7. The number of carbonyl (C=O) groups is 2. The van der Waals surface area contributed by atoms with Gasteiger partial charge in [0.25, 0.3) is 0 Å². The Hall–Kier alpha value is -3.38. The molecule has 0 saturated heterocycles. The Morgan fingerprint density at radius 3 is 2.07 bits per heavy atom. The van der Waals surface area contributed by atoms with Crippen molar-refractivity contribution in [2.24, 2.45) is 0 Å². The van der Waals surface area contributed by atoms with Crippen molar-refractivity contribution in [3.05, 3.63) is 94.0 Å². The number of allylic oxidation sites excluding steroid dienone is 1. The van der Waals surface area contributed by atoms with Gasteiger partial charge in [-0.3, -0.25) is 4.79 Å². The number of esters is 1. The average molecular weight is 467 g/mol. The molecule has 0 radical (unpaired) electrons. The third-order valence-electron chi connectivity index (χ3n) is 4.28.